The number of nitrogens with zero attached hydrogens (tertiary/aromatic N) is 5. The Morgan fingerprint density at radius 2 is 2.03 bits per heavy atom. The van der Waals surface area contributed by atoms with E-state index < -0.39 is 0 Å². The summed E-state index contributed by atoms with van der Waals surface area (Å²) in [4.78, 5) is 19.2. The molecular weight excluding hydrogens is 378 g/mol. The number of aromatic nitrogens is 3. The zero-order valence-corrected chi connectivity index (χ0v) is 20.2. The number of aliphatic imine (C=N–C) groups is 1. The fourth-order valence-electron chi connectivity index (χ4n) is 3.22. The zero-order valence-electron chi connectivity index (χ0n) is 20.2. The van der Waals surface area contributed by atoms with E-state index in [2.05, 4.69) is 41.6 Å². The van der Waals surface area contributed by atoms with Crippen LogP contribution in [0.15, 0.2) is 11.3 Å². The van der Waals surface area contributed by atoms with Gasteiger partial charge in [0.2, 0.25) is 5.91 Å². The Balaban J connectivity index is 2.78. The van der Waals surface area contributed by atoms with Gasteiger partial charge in [-0.1, -0.05) is 40.0 Å². The van der Waals surface area contributed by atoms with Crippen LogP contribution in [0.4, 0.5) is 0 Å². The van der Waals surface area contributed by atoms with E-state index in [0.717, 1.165) is 37.7 Å². The van der Waals surface area contributed by atoms with Crippen LogP contribution in [0.25, 0.3) is 0 Å². The molecule has 1 unspecified atom stereocenters. The SMILES string of the molecule is CCCCC(CC)CN=C(NCCn1cnnc1CC)N(C)CC(=O)NC(C)(C)C. The van der Waals surface area contributed by atoms with E-state index in [0.29, 0.717) is 12.5 Å². The molecule has 0 spiro atoms. The Labute approximate surface area is 182 Å². The summed E-state index contributed by atoms with van der Waals surface area (Å²) >= 11 is 0. The molecule has 0 aliphatic heterocycles. The first-order valence-electron chi connectivity index (χ1n) is 11.4. The van der Waals surface area contributed by atoms with Crippen molar-refractivity contribution in [3.05, 3.63) is 12.2 Å². The minimum Gasteiger partial charge on any atom is -0.354 e. The third-order valence-electron chi connectivity index (χ3n) is 4.95. The van der Waals surface area contributed by atoms with Crippen molar-refractivity contribution in [3.8, 4) is 0 Å². The molecule has 8 heteroatoms. The van der Waals surface area contributed by atoms with Crippen LogP contribution in [0.5, 0.6) is 0 Å². The van der Waals surface area contributed by atoms with Crippen molar-refractivity contribution in [2.75, 3.05) is 26.7 Å². The highest BCUT2D eigenvalue weighted by molar-refractivity contribution is 5.86. The Morgan fingerprint density at radius 1 is 1.30 bits per heavy atom. The molecule has 2 N–H and O–H groups in total. The van der Waals surface area contributed by atoms with Gasteiger partial charge in [-0.05, 0) is 33.1 Å². The number of guanidine groups is 1. The van der Waals surface area contributed by atoms with Gasteiger partial charge in [-0.3, -0.25) is 9.79 Å². The van der Waals surface area contributed by atoms with Gasteiger partial charge in [0.25, 0.3) is 0 Å². The van der Waals surface area contributed by atoms with E-state index in [1.807, 2.05) is 37.3 Å². The number of carbonyl (C=O) groups is 1. The Kier molecular flexibility index (Phi) is 11.4. The largest absolute Gasteiger partial charge is 0.354 e. The van der Waals surface area contributed by atoms with Gasteiger partial charge in [-0.25, -0.2) is 0 Å². The van der Waals surface area contributed by atoms with Crippen LogP contribution in [0.2, 0.25) is 0 Å². The number of hydrogen-bond acceptors (Lipinski definition) is 4. The van der Waals surface area contributed by atoms with E-state index in [1.54, 1.807) is 6.33 Å². The van der Waals surface area contributed by atoms with E-state index >= 15 is 0 Å². The van der Waals surface area contributed by atoms with Crippen molar-refractivity contribution >= 4 is 11.9 Å². The molecule has 172 valence electrons. The number of nitrogens with one attached hydrogen (secondary N) is 2. The van der Waals surface area contributed by atoms with Crippen molar-refractivity contribution in [1.29, 1.82) is 0 Å². The lowest BCUT2D eigenvalue weighted by Crippen LogP contribution is -2.49. The highest BCUT2D eigenvalue weighted by Crippen LogP contribution is 2.13. The third-order valence-corrected chi connectivity index (χ3v) is 4.95. The molecule has 1 amide bonds. The molecule has 30 heavy (non-hydrogen) atoms. The maximum absolute atomic E-state index is 12.4. The summed E-state index contributed by atoms with van der Waals surface area (Å²) in [7, 11) is 1.91. The molecule has 0 aromatic carbocycles. The van der Waals surface area contributed by atoms with Crippen molar-refractivity contribution in [2.45, 2.75) is 85.7 Å². The number of rotatable bonds is 12. The third kappa shape index (κ3) is 10.1. The standard InChI is InChI=1S/C22H43N7O/c1-8-11-12-18(9-2)15-24-21(28(7)16-20(30)26-22(4,5)6)23-13-14-29-17-25-27-19(29)10-3/h17-18H,8-16H2,1-7H3,(H,23,24)(H,26,30). The molecule has 8 nitrogen and oxygen atoms in total. The lowest BCUT2D eigenvalue weighted by atomic mass is 10.00. The molecule has 1 atom stereocenters. The molecule has 1 aromatic heterocycles. The molecule has 1 aromatic rings. The maximum Gasteiger partial charge on any atom is 0.240 e. The molecule has 1 rings (SSSR count). The van der Waals surface area contributed by atoms with Crippen LogP contribution in [0, 0.1) is 5.92 Å². The number of carbonyl (C=O) groups excluding carboxylic acids is 1. The second-order valence-electron chi connectivity index (χ2n) is 8.96. The minimum atomic E-state index is -0.249. The van der Waals surface area contributed by atoms with E-state index in [9.17, 15) is 4.79 Å². The maximum atomic E-state index is 12.4. The predicted octanol–water partition coefficient (Wildman–Crippen LogP) is 2.85. The lowest BCUT2D eigenvalue weighted by Gasteiger charge is -2.26. The van der Waals surface area contributed by atoms with E-state index in [1.165, 1.54) is 19.3 Å². The van der Waals surface area contributed by atoms with Crippen LogP contribution < -0.4 is 10.6 Å². The average Bonchev–Trinajstić information content (AvgIpc) is 3.12. The molecule has 0 radical (unpaired) electrons. The van der Waals surface area contributed by atoms with Crippen molar-refractivity contribution in [2.24, 2.45) is 10.9 Å². The van der Waals surface area contributed by atoms with Gasteiger partial charge in [0.15, 0.2) is 5.96 Å². The summed E-state index contributed by atoms with van der Waals surface area (Å²) in [6.07, 6.45) is 7.36. The molecule has 1 heterocycles. The molecule has 0 saturated carbocycles. The Morgan fingerprint density at radius 3 is 2.63 bits per heavy atom. The molecule has 0 fully saturated rings. The van der Waals surface area contributed by atoms with Crippen molar-refractivity contribution < 1.29 is 4.79 Å². The number of likely N-dealkylation sites (N-methyl/N-ethyl adjacent to an activating group) is 1. The van der Waals surface area contributed by atoms with Crippen molar-refractivity contribution in [1.82, 2.24) is 30.3 Å². The highest BCUT2D eigenvalue weighted by Gasteiger charge is 2.17. The van der Waals surface area contributed by atoms with E-state index in [4.69, 9.17) is 4.99 Å². The van der Waals surface area contributed by atoms with Crippen LogP contribution in [0.3, 0.4) is 0 Å². The second-order valence-corrected chi connectivity index (χ2v) is 8.96. The predicted molar refractivity (Wildman–Crippen MR) is 124 cm³/mol. The summed E-state index contributed by atoms with van der Waals surface area (Å²) in [6.45, 7) is 15.0. The van der Waals surface area contributed by atoms with Gasteiger partial charge < -0.3 is 20.1 Å². The molecule has 0 bridgehead atoms. The van der Waals surface area contributed by atoms with Gasteiger partial charge in [-0.15, -0.1) is 10.2 Å². The van der Waals surface area contributed by atoms with Crippen LogP contribution >= 0.6 is 0 Å². The molecule has 0 saturated heterocycles. The Hall–Kier alpha value is -2.12. The fourth-order valence-corrected chi connectivity index (χ4v) is 3.22. The van der Waals surface area contributed by atoms with Crippen LogP contribution in [-0.4, -0.2) is 63.8 Å². The lowest BCUT2D eigenvalue weighted by molar-refractivity contribution is -0.122. The fraction of sp³-hybridized carbons (Fsp3) is 0.818. The zero-order chi connectivity index (χ0) is 22.6. The summed E-state index contributed by atoms with van der Waals surface area (Å²) in [6, 6.07) is 0. The van der Waals surface area contributed by atoms with Gasteiger partial charge in [-0.2, -0.15) is 0 Å². The monoisotopic (exact) mass is 421 g/mol. The molecule has 0 aliphatic carbocycles. The van der Waals surface area contributed by atoms with Crippen LogP contribution in [-0.2, 0) is 17.8 Å². The summed E-state index contributed by atoms with van der Waals surface area (Å²) in [5.74, 6) is 2.30. The van der Waals surface area contributed by atoms with Crippen LogP contribution in [0.1, 0.15) is 73.1 Å². The normalized spacial score (nSPS) is 13.2. The van der Waals surface area contributed by atoms with Crippen molar-refractivity contribution in [3.63, 3.8) is 0 Å². The van der Waals surface area contributed by atoms with E-state index in [-0.39, 0.29) is 18.0 Å². The topological polar surface area (TPSA) is 87.4 Å². The van der Waals surface area contributed by atoms with Gasteiger partial charge in [0.05, 0.1) is 6.54 Å². The highest BCUT2D eigenvalue weighted by atomic mass is 16.2. The first-order chi connectivity index (χ1) is 14.2. The summed E-state index contributed by atoms with van der Waals surface area (Å²) in [5, 5.41) is 14.6. The summed E-state index contributed by atoms with van der Waals surface area (Å²) < 4.78 is 2.05. The number of aryl methyl sites for hydroxylation is 1. The van der Waals surface area contributed by atoms with Gasteiger partial charge in [0.1, 0.15) is 12.2 Å². The summed E-state index contributed by atoms with van der Waals surface area (Å²) in [5.41, 5.74) is -0.249. The molecule has 0 aliphatic rings. The first kappa shape index (κ1) is 25.9. The smallest absolute Gasteiger partial charge is 0.240 e. The number of hydrogen-bond donors (Lipinski definition) is 2. The average molecular weight is 422 g/mol. The van der Waals surface area contributed by atoms with Gasteiger partial charge in [0, 0.05) is 38.6 Å². The minimum absolute atomic E-state index is 0.00963. The number of unbranched alkanes of at least 4 members (excludes halogenated alkanes) is 1. The van der Waals surface area contributed by atoms with Gasteiger partial charge >= 0.3 is 0 Å². The first-order valence-corrected chi connectivity index (χ1v) is 11.4. The Bertz CT molecular complexity index is 648. The molecular formula is C22H43N7O. The number of amides is 1. The second kappa shape index (κ2) is 13.2. The quantitative estimate of drug-likeness (QED) is 0.400.